The summed E-state index contributed by atoms with van der Waals surface area (Å²) in [7, 11) is 1.60. The predicted molar refractivity (Wildman–Crippen MR) is 91.5 cm³/mol. The molecule has 25 heavy (non-hydrogen) atoms. The zero-order valence-electron chi connectivity index (χ0n) is 14.4. The van der Waals surface area contributed by atoms with Crippen LogP contribution in [0.15, 0.2) is 35.5 Å². The first-order valence-electron chi connectivity index (χ1n) is 7.86. The largest absolute Gasteiger partial charge is 0.294 e. The number of hydrogen-bond donors (Lipinski definition) is 0. The fourth-order valence-electron chi connectivity index (χ4n) is 3.06. The monoisotopic (exact) mass is 340 g/mol. The Balaban J connectivity index is 2.15. The van der Waals surface area contributed by atoms with Crippen molar-refractivity contribution in [1.82, 2.24) is 28.9 Å². The van der Waals surface area contributed by atoms with Gasteiger partial charge in [0.15, 0.2) is 11.5 Å². The van der Waals surface area contributed by atoms with Crippen LogP contribution in [0.4, 0.5) is 4.39 Å². The van der Waals surface area contributed by atoms with Crippen LogP contribution < -0.4 is 5.56 Å². The van der Waals surface area contributed by atoms with Gasteiger partial charge in [0.2, 0.25) is 0 Å². The molecule has 4 aromatic rings. The van der Waals surface area contributed by atoms with E-state index in [0.717, 1.165) is 5.69 Å². The zero-order valence-corrected chi connectivity index (χ0v) is 14.4. The molecule has 3 aromatic heterocycles. The van der Waals surface area contributed by atoms with Crippen LogP contribution in [0, 0.1) is 5.82 Å². The second-order valence-electron chi connectivity index (χ2n) is 7.04. The van der Waals surface area contributed by atoms with Gasteiger partial charge in [-0.15, -0.1) is 5.10 Å². The zero-order chi connectivity index (χ0) is 17.9. The van der Waals surface area contributed by atoms with Crippen molar-refractivity contribution in [1.29, 1.82) is 0 Å². The van der Waals surface area contributed by atoms with Gasteiger partial charge in [-0.25, -0.2) is 9.37 Å². The molecule has 0 saturated carbocycles. The Kier molecular flexibility index (Phi) is 3.09. The number of nitrogens with zero attached hydrogens (tertiary/aromatic N) is 6. The van der Waals surface area contributed by atoms with E-state index >= 15 is 0 Å². The topological polar surface area (TPSA) is 70.0 Å². The van der Waals surface area contributed by atoms with Crippen LogP contribution in [0.25, 0.3) is 22.4 Å². The van der Waals surface area contributed by atoms with Crippen LogP contribution in [-0.4, -0.2) is 28.9 Å². The van der Waals surface area contributed by atoms with Gasteiger partial charge in [0.1, 0.15) is 12.1 Å². The molecule has 128 valence electrons. The summed E-state index contributed by atoms with van der Waals surface area (Å²) in [5.41, 5.74) is 1.23. The van der Waals surface area contributed by atoms with E-state index in [1.165, 1.54) is 10.6 Å². The van der Waals surface area contributed by atoms with E-state index in [2.05, 4.69) is 15.3 Å². The fourth-order valence-corrected chi connectivity index (χ4v) is 3.06. The molecule has 0 N–H and O–H groups in total. The van der Waals surface area contributed by atoms with Gasteiger partial charge in [0, 0.05) is 12.5 Å². The maximum Gasteiger partial charge on any atom is 0.264 e. The molecule has 7 nitrogen and oxygen atoms in total. The summed E-state index contributed by atoms with van der Waals surface area (Å²) >= 11 is 0. The fraction of sp³-hybridized carbons (Fsp3) is 0.294. The van der Waals surface area contributed by atoms with E-state index in [1.807, 2.05) is 20.8 Å². The van der Waals surface area contributed by atoms with Crippen LogP contribution in [0.3, 0.4) is 0 Å². The highest BCUT2D eigenvalue weighted by Gasteiger charge is 2.24. The molecule has 0 bridgehead atoms. The highest BCUT2D eigenvalue weighted by atomic mass is 19.1. The van der Waals surface area contributed by atoms with Crippen molar-refractivity contribution >= 4 is 16.6 Å². The molecule has 0 saturated heterocycles. The first kappa shape index (κ1) is 15.5. The second-order valence-corrected chi connectivity index (χ2v) is 7.04. The van der Waals surface area contributed by atoms with Gasteiger partial charge in [-0.05, 0) is 12.1 Å². The second kappa shape index (κ2) is 4.98. The van der Waals surface area contributed by atoms with E-state index in [-0.39, 0.29) is 10.8 Å². The van der Waals surface area contributed by atoms with Gasteiger partial charge in [-0.2, -0.15) is 4.68 Å². The third-order valence-corrected chi connectivity index (χ3v) is 4.33. The first-order valence-corrected chi connectivity index (χ1v) is 7.86. The number of aromatic nitrogens is 6. The van der Waals surface area contributed by atoms with Crippen molar-refractivity contribution in [2.24, 2.45) is 7.05 Å². The van der Waals surface area contributed by atoms with Crippen LogP contribution in [0.2, 0.25) is 0 Å². The quantitative estimate of drug-likeness (QED) is 0.533. The lowest BCUT2D eigenvalue weighted by atomic mass is 9.93. The van der Waals surface area contributed by atoms with E-state index in [4.69, 9.17) is 0 Å². The van der Waals surface area contributed by atoms with Gasteiger partial charge in [0.25, 0.3) is 5.56 Å². The first-order chi connectivity index (χ1) is 11.8. The van der Waals surface area contributed by atoms with Gasteiger partial charge in [-0.3, -0.25) is 13.8 Å². The molecule has 0 unspecified atom stereocenters. The molecule has 0 aliphatic carbocycles. The minimum absolute atomic E-state index is 0.0380. The third-order valence-electron chi connectivity index (χ3n) is 4.33. The van der Waals surface area contributed by atoms with Crippen molar-refractivity contribution in [3.05, 3.63) is 52.6 Å². The maximum absolute atomic E-state index is 14.2. The SMILES string of the molecule is Cn1c(=O)c2c(F)cccc2n2cnc(-n3nncc3C(C)(C)C)c12. The molecule has 0 radical (unpaired) electrons. The Hall–Kier alpha value is -3.03. The predicted octanol–water partition coefficient (Wildman–Crippen LogP) is 2.20. The minimum Gasteiger partial charge on any atom is -0.294 e. The van der Waals surface area contributed by atoms with E-state index < -0.39 is 11.4 Å². The maximum atomic E-state index is 14.2. The highest BCUT2D eigenvalue weighted by Crippen LogP contribution is 2.26. The molecular formula is C17H17FN6O. The molecule has 0 aliphatic rings. The summed E-state index contributed by atoms with van der Waals surface area (Å²) < 4.78 is 18.9. The molecule has 8 heteroatoms. The molecular weight excluding hydrogens is 323 g/mol. The molecule has 3 heterocycles. The number of hydrogen-bond acceptors (Lipinski definition) is 4. The van der Waals surface area contributed by atoms with Crippen LogP contribution >= 0.6 is 0 Å². The average molecular weight is 340 g/mol. The standard InChI is InChI=1S/C17H17FN6O/c1-17(2,3)12-8-20-21-24(12)14-15-22(4)16(25)13-10(18)6-5-7-11(13)23(15)9-19-14/h5-9H,1-4H3. The normalized spacial score (nSPS) is 12.4. The Morgan fingerprint density at radius 1 is 1.20 bits per heavy atom. The molecule has 0 amide bonds. The van der Waals surface area contributed by atoms with Crippen molar-refractivity contribution in [3.8, 4) is 5.82 Å². The van der Waals surface area contributed by atoms with Crippen molar-refractivity contribution in [2.75, 3.05) is 0 Å². The summed E-state index contributed by atoms with van der Waals surface area (Å²) in [4.78, 5) is 17.1. The third kappa shape index (κ3) is 2.10. The lowest BCUT2D eigenvalue weighted by Crippen LogP contribution is -2.23. The number of imidazole rings is 1. The Morgan fingerprint density at radius 2 is 1.96 bits per heavy atom. The van der Waals surface area contributed by atoms with Crippen molar-refractivity contribution < 1.29 is 4.39 Å². The Morgan fingerprint density at radius 3 is 2.68 bits per heavy atom. The number of fused-ring (bicyclic) bond motifs is 3. The minimum atomic E-state index is -0.550. The van der Waals surface area contributed by atoms with E-state index in [0.29, 0.717) is 17.0 Å². The highest BCUT2D eigenvalue weighted by molar-refractivity contribution is 5.82. The number of halogens is 1. The van der Waals surface area contributed by atoms with Gasteiger partial charge in [-0.1, -0.05) is 32.1 Å². The molecule has 0 spiro atoms. The molecule has 0 fully saturated rings. The van der Waals surface area contributed by atoms with Crippen LogP contribution in [0.5, 0.6) is 0 Å². The van der Waals surface area contributed by atoms with Crippen LogP contribution in [-0.2, 0) is 12.5 Å². The number of rotatable bonds is 1. The van der Waals surface area contributed by atoms with E-state index in [9.17, 15) is 9.18 Å². The molecule has 4 rings (SSSR count). The Labute approximate surface area is 142 Å². The van der Waals surface area contributed by atoms with Gasteiger partial charge >= 0.3 is 0 Å². The van der Waals surface area contributed by atoms with Gasteiger partial charge < -0.3 is 0 Å². The number of aryl methyl sites for hydroxylation is 1. The lowest BCUT2D eigenvalue weighted by molar-refractivity contribution is 0.540. The molecule has 0 atom stereocenters. The Bertz CT molecular complexity index is 1180. The van der Waals surface area contributed by atoms with E-state index in [1.54, 1.807) is 40.8 Å². The van der Waals surface area contributed by atoms with Crippen molar-refractivity contribution in [3.63, 3.8) is 0 Å². The summed E-state index contributed by atoms with van der Waals surface area (Å²) in [6, 6.07) is 4.55. The summed E-state index contributed by atoms with van der Waals surface area (Å²) in [6.07, 6.45) is 3.25. The average Bonchev–Trinajstić information content (AvgIpc) is 3.18. The summed E-state index contributed by atoms with van der Waals surface area (Å²) in [5.74, 6) is -0.0698. The summed E-state index contributed by atoms with van der Waals surface area (Å²) in [5, 5.41) is 8.18. The summed E-state index contributed by atoms with van der Waals surface area (Å²) in [6.45, 7) is 6.14. The molecule has 0 aliphatic heterocycles. The van der Waals surface area contributed by atoms with Crippen molar-refractivity contribution in [2.45, 2.75) is 26.2 Å². The lowest BCUT2D eigenvalue weighted by Gasteiger charge is -2.18. The van der Waals surface area contributed by atoms with Crippen LogP contribution in [0.1, 0.15) is 26.5 Å². The van der Waals surface area contributed by atoms with Gasteiger partial charge in [0.05, 0.1) is 22.8 Å². The smallest absolute Gasteiger partial charge is 0.264 e. The number of benzene rings is 1. The molecule has 1 aromatic carbocycles.